The number of hydrogen-bond donors (Lipinski definition) is 9. The second-order valence-corrected chi connectivity index (χ2v) is 16.4. The van der Waals surface area contributed by atoms with Crippen LogP contribution >= 0.6 is 0 Å². The minimum atomic E-state index is -0.968. The molecule has 0 aromatic heterocycles. The second-order valence-electron chi connectivity index (χ2n) is 16.4. The first-order valence-electron chi connectivity index (χ1n) is 23.2. The maximum Gasteiger partial charge on any atom is 0.328 e. The molecular formula is C51H66N6O10. The monoisotopic (exact) mass is 922 g/mol. The summed E-state index contributed by atoms with van der Waals surface area (Å²) in [6, 6.07) is 31.9. The highest BCUT2D eigenvalue weighted by Gasteiger charge is 2.27. The van der Waals surface area contributed by atoms with Crippen molar-refractivity contribution < 1.29 is 49.0 Å². The highest BCUT2D eigenvalue weighted by atomic mass is 16.5. The Labute approximate surface area is 392 Å². The third-order valence-electron chi connectivity index (χ3n) is 11.3. The lowest BCUT2D eigenvalue weighted by atomic mass is 10.1. The summed E-state index contributed by atoms with van der Waals surface area (Å²) in [6.45, 7) is 0.679. The second kappa shape index (κ2) is 30.7. The number of aliphatic carboxylic acids is 1. The summed E-state index contributed by atoms with van der Waals surface area (Å²) in [7, 11) is 0. The van der Waals surface area contributed by atoms with Crippen LogP contribution in [0.25, 0.3) is 0 Å². The van der Waals surface area contributed by atoms with Crippen molar-refractivity contribution in [1.29, 1.82) is 0 Å². The number of carboxylic acid groups (broad SMARTS) is 1. The molecule has 16 nitrogen and oxygen atoms in total. The number of benzene rings is 4. The Bertz CT molecular complexity index is 2130. The van der Waals surface area contributed by atoms with Gasteiger partial charge in [0.25, 0.3) is 0 Å². The molecule has 0 saturated heterocycles. The van der Waals surface area contributed by atoms with E-state index in [1.165, 1.54) is 0 Å². The molecule has 360 valence electrons. The van der Waals surface area contributed by atoms with Gasteiger partial charge in [-0.1, -0.05) is 123 Å². The van der Waals surface area contributed by atoms with Crippen LogP contribution in [0.1, 0.15) is 137 Å². The van der Waals surface area contributed by atoms with Crippen molar-refractivity contribution in [2.75, 3.05) is 10.6 Å². The first-order chi connectivity index (χ1) is 32.6. The molecule has 0 bridgehead atoms. The summed E-state index contributed by atoms with van der Waals surface area (Å²) < 4.78 is 5.80. The van der Waals surface area contributed by atoms with Gasteiger partial charge in [-0.25, -0.2) is 15.8 Å². The number of unbranched alkanes of at least 4 members (excludes halogenated alkanes) is 6. The van der Waals surface area contributed by atoms with E-state index in [9.17, 15) is 33.9 Å². The number of hydroxylamine groups is 2. The summed E-state index contributed by atoms with van der Waals surface area (Å²) in [4.78, 5) is 71.5. The summed E-state index contributed by atoms with van der Waals surface area (Å²) in [5.74, 6) is -2.22. The van der Waals surface area contributed by atoms with Gasteiger partial charge in [0, 0.05) is 50.1 Å². The van der Waals surface area contributed by atoms with E-state index in [-0.39, 0.29) is 49.2 Å². The van der Waals surface area contributed by atoms with Gasteiger partial charge in [0.05, 0.1) is 0 Å². The summed E-state index contributed by atoms with van der Waals surface area (Å²) in [5, 5.41) is 38.8. The number of carbonyl (C=O) groups is 6. The summed E-state index contributed by atoms with van der Waals surface area (Å²) in [5.41, 5.74) is 7.77. The fraction of sp³-hybridized carbons (Fsp3) is 0.412. The van der Waals surface area contributed by atoms with Crippen LogP contribution in [0.15, 0.2) is 109 Å². The van der Waals surface area contributed by atoms with E-state index in [0.29, 0.717) is 55.6 Å². The van der Waals surface area contributed by atoms with Crippen molar-refractivity contribution >= 4 is 46.9 Å². The molecule has 1 aliphatic rings. The Morgan fingerprint density at radius 3 is 1.28 bits per heavy atom. The van der Waals surface area contributed by atoms with E-state index in [0.717, 1.165) is 74.5 Å². The van der Waals surface area contributed by atoms with E-state index in [1.54, 1.807) is 41.3 Å². The summed E-state index contributed by atoms with van der Waals surface area (Å²) in [6.07, 6.45) is 11.3. The molecule has 1 aliphatic carbocycles. The minimum absolute atomic E-state index is 0.0103. The zero-order chi connectivity index (χ0) is 48.1. The van der Waals surface area contributed by atoms with Gasteiger partial charge in [-0.2, -0.15) is 0 Å². The molecule has 67 heavy (non-hydrogen) atoms. The lowest BCUT2D eigenvalue weighted by molar-refractivity contribution is -0.151. The van der Waals surface area contributed by atoms with Crippen LogP contribution in [0.5, 0.6) is 0 Å². The molecule has 0 spiro atoms. The van der Waals surface area contributed by atoms with Crippen LogP contribution in [-0.2, 0) is 46.6 Å². The zero-order valence-corrected chi connectivity index (χ0v) is 38.1. The number of hydrogen-bond acceptors (Lipinski definition) is 11. The minimum Gasteiger partial charge on any atom is -0.480 e. The van der Waals surface area contributed by atoms with Gasteiger partial charge in [-0.3, -0.25) is 45.0 Å². The molecule has 0 heterocycles. The number of anilines is 2. The fourth-order valence-corrected chi connectivity index (χ4v) is 7.62. The van der Waals surface area contributed by atoms with E-state index >= 15 is 0 Å². The summed E-state index contributed by atoms with van der Waals surface area (Å²) >= 11 is 0. The number of nitrogens with one attached hydrogen (secondary N) is 6. The number of carbonyl (C=O) groups excluding carboxylic acids is 5. The number of ether oxygens (including phenoxy) is 1. The molecule has 1 fully saturated rings. The quantitative estimate of drug-likeness (QED) is 0.0119. The van der Waals surface area contributed by atoms with Gasteiger partial charge >= 0.3 is 11.9 Å². The van der Waals surface area contributed by atoms with Crippen LogP contribution < -0.4 is 32.2 Å². The van der Waals surface area contributed by atoms with Crippen molar-refractivity contribution in [3.8, 4) is 0 Å². The van der Waals surface area contributed by atoms with Gasteiger partial charge in [0.15, 0.2) is 0 Å². The molecule has 0 radical (unpaired) electrons. The maximum absolute atomic E-state index is 13.0. The van der Waals surface area contributed by atoms with Crippen LogP contribution in [0, 0.1) is 0 Å². The van der Waals surface area contributed by atoms with Crippen LogP contribution in [0.4, 0.5) is 11.4 Å². The topological polar surface area (TPSA) is 245 Å². The molecule has 1 saturated carbocycles. The molecular weight excluding hydrogens is 857 g/mol. The number of para-hydroxylation sites is 2. The van der Waals surface area contributed by atoms with Crippen molar-refractivity contribution in [3.63, 3.8) is 0 Å². The van der Waals surface area contributed by atoms with E-state index in [4.69, 9.17) is 15.2 Å². The van der Waals surface area contributed by atoms with Crippen molar-refractivity contribution in [3.05, 3.63) is 131 Å². The van der Waals surface area contributed by atoms with Crippen molar-refractivity contribution in [2.24, 2.45) is 0 Å². The lowest BCUT2D eigenvalue weighted by Gasteiger charge is -2.21. The van der Waals surface area contributed by atoms with Gasteiger partial charge in [-0.05, 0) is 85.8 Å². The largest absolute Gasteiger partial charge is 0.480 e. The first-order valence-corrected chi connectivity index (χ1v) is 23.2. The molecule has 0 aliphatic heterocycles. The number of esters is 1. The maximum atomic E-state index is 13.0. The Morgan fingerprint density at radius 1 is 0.493 bits per heavy atom. The average Bonchev–Trinajstić information content (AvgIpc) is 3.86. The smallest absolute Gasteiger partial charge is 0.328 e. The molecule has 4 aromatic rings. The molecule has 2 atom stereocenters. The van der Waals surface area contributed by atoms with Crippen molar-refractivity contribution in [2.45, 2.75) is 134 Å². The fourth-order valence-electron chi connectivity index (χ4n) is 7.62. The van der Waals surface area contributed by atoms with Crippen LogP contribution in [-0.4, -0.2) is 57.2 Å². The van der Waals surface area contributed by atoms with Crippen molar-refractivity contribution in [1.82, 2.24) is 21.6 Å². The third kappa shape index (κ3) is 20.3. The molecule has 9 N–H and O–H groups in total. The Morgan fingerprint density at radius 2 is 0.866 bits per heavy atom. The normalized spacial score (nSPS) is 13.0. The lowest BCUT2D eigenvalue weighted by Crippen LogP contribution is -2.32. The molecule has 4 amide bonds. The van der Waals surface area contributed by atoms with Gasteiger partial charge in [0.1, 0.15) is 18.2 Å². The Balaban J connectivity index is 0.000000296. The Hall–Kier alpha value is -6.46. The number of carboxylic acids is 1. The highest BCUT2D eigenvalue weighted by Crippen LogP contribution is 2.25. The standard InChI is InChI=1S/C28H37N3O5.C23H29N3O5/c32-25(18-6-1-2-7-19-26(33)31-35)30-24-17-11-8-14-22(24)20-29-27(21-12-4-3-5-13-21)28(34)36-23-15-9-10-16-23;27-20(14-6-1-2-7-15-21(28)26-31)25-19-13-9-8-12-18(19)16-24-22(23(29)30)17-10-4-3-5-11-17/h3-5,8,11-14,17,23,27,29,35H,1-2,6-7,9-10,15-16,18-20H2,(H,30,32)(H,31,33);3-5,8-13,22,24,31H,1-2,6-7,14-16H2,(H,25,27)(H,26,28)(H,29,30). The zero-order valence-electron chi connectivity index (χ0n) is 38.1. The SMILES string of the molecule is O=C(CCCCCCC(=O)Nc1ccccc1CNC(C(=O)O)c1ccccc1)NO.O=C(CCCCCCC(=O)Nc1ccccc1CNC(C(=O)OC1CCCC1)c1ccccc1)NO. The average molecular weight is 923 g/mol. The first kappa shape index (κ1) is 53.2. The van der Waals surface area contributed by atoms with Gasteiger partial charge in [-0.15, -0.1) is 0 Å². The molecule has 5 rings (SSSR count). The number of amides is 4. The number of rotatable bonds is 27. The predicted octanol–water partition coefficient (Wildman–Crippen LogP) is 8.17. The van der Waals surface area contributed by atoms with Gasteiger partial charge in [0.2, 0.25) is 23.6 Å². The van der Waals surface area contributed by atoms with Gasteiger partial charge < -0.3 is 20.5 Å². The highest BCUT2D eigenvalue weighted by molar-refractivity contribution is 5.92. The van der Waals surface area contributed by atoms with Crippen LogP contribution in [0.3, 0.4) is 0 Å². The third-order valence-corrected chi connectivity index (χ3v) is 11.3. The van der Waals surface area contributed by atoms with E-state index in [2.05, 4.69) is 21.3 Å². The molecule has 16 heteroatoms. The van der Waals surface area contributed by atoms with Crippen LogP contribution in [0.2, 0.25) is 0 Å². The molecule has 2 unspecified atom stereocenters. The molecule has 4 aromatic carbocycles. The predicted molar refractivity (Wildman–Crippen MR) is 253 cm³/mol. The van der Waals surface area contributed by atoms with E-state index < -0.39 is 24.0 Å². The van der Waals surface area contributed by atoms with E-state index in [1.807, 2.05) is 78.9 Å². The Kier molecular flexibility index (Phi) is 24.3.